The van der Waals surface area contributed by atoms with E-state index in [1.54, 1.807) is 24.3 Å². The normalized spacial score (nSPS) is 10.6. The predicted octanol–water partition coefficient (Wildman–Crippen LogP) is 6.24. The van der Waals surface area contributed by atoms with Crippen molar-refractivity contribution in [1.82, 2.24) is 0 Å². The van der Waals surface area contributed by atoms with Gasteiger partial charge in [-0.3, -0.25) is 0 Å². The summed E-state index contributed by atoms with van der Waals surface area (Å²) in [6.07, 6.45) is 0. The van der Waals surface area contributed by atoms with E-state index in [-0.39, 0.29) is 5.56 Å². The van der Waals surface area contributed by atoms with E-state index in [0.29, 0.717) is 36.3 Å². The van der Waals surface area contributed by atoms with Crippen molar-refractivity contribution in [2.75, 3.05) is 11.9 Å². The number of hydrogen-bond acceptors (Lipinski definition) is 4. The van der Waals surface area contributed by atoms with Crippen molar-refractivity contribution >= 4 is 23.3 Å². The van der Waals surface area contributed by atoms with Crippen LogP contribution in [0.2, 0.25) is 5.02 Å². The average molecular weight is 440 g/mol. The molecule has 0 spiro atoms. The minimum Gasteiger partial charge on any atom is -0.490 e. The second-order valence-electron chi connectivity index (χ2n) is 7.23. The maximum absolute atomic E-state index is 11.1. The van der Waals surface area contributed by atoms with Crippen LogP contribution in [0.5, 0.6) is 11.5 Å². The molecule has 3 rings (SSSR count). The molecule has 0 atom stereocenters. The van der Waals surface area contributed by atoms with Gasteiger partial charge < -0.3 is 19.9 Å². The van der Waals surface area contributed by atoms with Crippen molar-refractivity contribution in [3.05, 3.63) is 87.4 Å². The van der Waals surface area contributed by atoms with Gasteiger partial charge in [-0.05, 0) is 67.3 Å². The maximum atomic E-state index is 11.1. The van der Waals surface area contributed by atoms with Crippen molar-refractivity contribution in [1.29, 1.82) is 0 Å². The molecule has 0 unspecified atom stereocenters. The molecule has 0 bridgehead atoms. The lowest BCUT2D eigenvalue weighted by Gasteiger charge is -2.17. The summed E-state index contributed by atoms with van der Waals surface area (Å²) >= 11 is 6.53. The van der Waals surface area contributed by atoms with E-state index < -0.39 is 5.97 Å². The number of carboxylic acid groups (broad SMARTS) is 1. The van der Waals surface area contributed by atoms with Gasteiger partial charge in [-0.1, -0.05) is 35.9 Å². The Bertz CT molecular complexity index is 1080. The van der Waals surface area contributed by atoms with Crippen molar-refractivity contribution in [2.45, 2.75) is 33.9 Å². The molecule has 5 nitrogen and oxygen atoms in total. The Kier molecular flexibility index (Phi) is 7.42. The third-order valence-corrected chi connectivity index (χ3v) is 5.35. The van der Waals surface area contributed by atoms with Gasteiger partial charge in [0.2, 0.25) is 0 Å². The summed E-state index contributed by atoms with van der Waals surface area (Å²) in [6, 6.07) is 16.7. The molecule has 0 aliphatic heterocycles. The van der Waals surface area contributed by atoms with Crippen molar-refractivity contribution in [3.8, 4) is 11.5 Å². The summed E-state index contributed by atoms with van der Waals surface area (Å²) in [5.74, 6) is 0.288. The fraction of sp³-hybridized carbons (Fsp3) is 0.240. The molecule has 31 heavy (non-hydrogen) atoms. The van der Waals surface area contributed by atoms with Gasteiger partial charge in [0.25, 0.3) is 0 Å². The largest absolute Gasteiger partial charge is 0.490 e. The summed E-state index contributed by atoms with van der Waals surface area (Å²) in [5, 5.41) is 13.0. The highest BCUT2D eigenvalue weighted by atomic mass is 35.5. The van der Waals surface area contributed by atoms with Gasteiger partial charge in [-0.2, -0.15) is 0 Å². The quantitative estimate of drug-likeness (QED) is 0.412. The van der Waals surface area contributed by atoms with Crippen LogP contribution < -0.4 is 14.8 Å². The zero-order valence-electron chi connectivity index (χ0n) is 17.9. The number of aromatic carboxylic acids is 1. The summed E-state index contributed by atoms with van der Waals surface area (Å²) in [7, 11) is 0. The summed E-state index contributed by atoms with van der Waals surface area (Å²) < 4.78 is 11.8. The number of halogens is 1. The van der Waals surface area contributed by atoms with Crippen LogP contribution in [0.3, 0.4) is 0 Å². The number of ether oxygens (including phenoxy) is 2. The Hall–Kier alpha value is -3.18. The first-order valence-electron chi connectivity index (χ1n) is 10.1. The van der Waals surface area contributed by atoms with E-state index in [1.807, 2.05) is 38.1 Å². The Labute approximate surface area is 187 Å². The number of anilines is 1. The van der Waals surface area contributed by atoms with Crippen LogP contribution in [0.15, 0.2) is 54.6 Å². The number of carboxylic acids is 1. The lowest BCUT2D eigenvalue weighted by atomic mass is 10.1. The van der Waals surface area contributed by atoms with Gasteiger partial charge in [-0.25, -0.2) is 4.79 Å². The number of rotatable bonds is 9. The van der Waals surface area contributed by atoms with Gasteiger partial charge in [0, 0.05) is 23.3 Å². The Morgan fingerprint density at radius 3 is 2.39 bits per heavy atom. The molecule has 2 N–H and O–H groups in total. The number of benzene rings is 3. The summed E-state index contributed by atoms with van der Waals surface area (Å²) in [6.45, 7) is 7.23. The number of carbonyl (C=O) groups is 1. The first-order valence-corrected chi connectivity index (χ1v) is 10.5. The molecule has 0 saturated heterocycles. The molecule has 0 radical (unpaired) electrons. The van der Waals surface area contributed by atoms with Crippen LogP contribution in [-0.2, 0) is 13.2 Å². The van der Waals surface area contributed by atoms with E-state index in [9.17, 15) is 4.79 Å². The maximum Gasteiger partial charge on any atom is 0.335 e. The van der Waals surface area contributed by atoms with E-state index in [0.717, 1.165) is 27.9 Å². The van der Waals surface area contributed by atoms with Gasteiger partial charge in [-0.15, -0.1) is 0 Å². The van der Waals surface area contributed by atoms with E-state index in [4.69, 9.17) is 26.2 Å². The summed E-state index contributed by atoms with van der Waals surface area (Å²) in [4.78, 5) is 11.1. The number of hydrogen-bond donors (Lipinski definition) is 2. The molecule has 0 aliphatic rings. The van der Waals surface area contributed by atoms with Crippen molar-refractivity contribution in [3.63, 3.8) is 0 Å². The van der Waals surface area contributed by atoms with E-state index in [2.05, 4.69) is 18.3 Å². The minimum absolute atomic E-state index is 0.259. The standard InChI is InChI=1S/C25H26ClNO4/c1-4-30-23-12-20(14-27-22-10-9-18(25(28)29)11-17(22)3)21(26)13-24(23)31-15-19-8-6-5-7-16(19)2/h5-13,27H,4,14-15H2,1-3H3,(H,28,29). The molecule has 6 heteroatoms. The number of nitrogens with one attached hydrogen (secondary N) is 1. The zero-order chi connectivity index (χ0) is 22.4. The molecule has 3 aromatic rings. The van der Waals surface area contributed by atoms with Crippen LogP contribution in [0.1, 0.15) is 39.5 Å². The van der Waals surface area contributed by atoms with Gasteiger partial charge in [0.1, 0.15) is 6.61 Å². The highest BCUT2D eigenvalue weighted by Crippen LogP contribution is 2.35. The Balaban J connectivity index is 1.76. The molecular formula is C25H26ClNO4. The van der Waals surface area contributed by atoms with Gasteiger partial charge in [0.15, 0.2) is 11.5 Å². The molecule has 162 valence electrons. The molecular weight excluding hydrogens is 414 g/mol. The van der Waals surface area contributed by atoms with Crippen LogP contribution >= 0.6 is 11.6 Å². The van der Waals surface area contributed by atoms with Gasteiger partial charge in [0.05, 0.1) is 12.2 Å². The van der Waals surface area contributed by atoms with Crippen molar-refractivity contribution < 1.29 is 19.4 Å². The van der Waals surface area contributed by atoms with Crippen LogP contribution in [0.25, 0.3) is 0 Å². The monoisotopic (exact) mass is 439 g/mol. The molecule has 0 amide bonds. The second-order valence-corrected chi connectivity index (χ2v) is 7.63. The SMILES string of the molecule is CCOc1cc(CNc2ccc(C(=O)O)cc2C)c(Cl)cc1OCc1ccccc1C. The van der Waals surface area contributed by atoms with Crippen molar-refractivity contribution in [2.24, 2.45) is 0 Å². The highest BCUT2D eigenvalue weighted by molar-refractivity contribution is 6.31. The highest BCUT2D eigenvalue weighted by Gasteiger charge is 2.13. The smallest absolute Gasteiger partial charge is 0.335 e. The van der Waals surface area contributed by atoms with Crippen LogP contribution in [0, 0.1) is 13.8 Å². The fourth-order valence-electron chi connectivity index (χ4n) is 3.21. The van der Waals surface area contributed by atoms with E-state index >= 15 is 0 Å². The average Bonchev–Trinajstić information content (AvgIpc) is 2.74. The van der Waals surface area contributed by atoms with Crippen LogP contribution in [-0.4, -0.2) is 17.7 Å². The first-order chi connectivity index (χ1) is 14.9. The Morgan fingerprint density at radius 1 is 0.968 bits per heavy atom. The van der Waals surface area contributed by atoms with E-state index in [1.165, 1.54) is 0 Å². The third kappa shape index (κ3) is 5.70. The Morgan fingerprint density at radius 2 is 1.71 bits per heavy atom. The molecule has 0 aromatic heterocycles. The third-order valence-electron chi connectivity index (χ3n) is 5.00. The zero-order valence-corrected chi connectivity index (χ0v) is 18.6. The minimum atomic E-state index is -0.944. The molecule has 3 aromatic carbocycles. The molecule has 0 saturated carbocycles. The van der Waals surface area contributed by atoms with Crippen LogP contribution in [0.4, 0.5) is 5.69 Å². The lowest BCUT2D eigenvalue weighted by molar-refractivity contribution is 0.0697. The van der Waals surface area contributed by atoms with Gasteiger partial charge >= 0.3 is 5.97 Å². The fourth-order valence-corrected chi connectivity index (χ4v) is 3.43. The lowest BCUT2D eigenvalue weighted by Crippen LogP contribution is -2.06. The molecule has 0 fully saturated rings. The molecule has 0 aliphatic carbocycles. The number of aryl methyl sites for hydroxylation is 2. The topological polar surface area (TPSA) is 67.8 Å². The predicted molar refractivity (Wildman–Crippen MR) is 124 cm³/mol. The first kappa shape index (κ1) is 22.5. The second kappa shape index (κ2) is 10.2. The molecule has 0 heterocycles. The summed E-state index contributed by atoms with van der Waals surface area (Å²) in [5.41, 5.74) is 5.08.